The lowest BCUT2D eigenvalue weighted by Crippen LogP contribution is -1.94. The summed E-state index contributed by atoms with van der Waals surface area (Å²) in [6.07, 6.45) is 2.59. The van der Waals surface area contributed by atoms with Crippen molar-refractivity contribution in [3.63, 3.8) is 0 Å². The molecule has 0 unspecified atom stereocenters. The van der Waals surface area contributed by atoms with Gasteiger partial charge in [-0.25, -0.2) is 0 Å². The number of nitrogens with zero attached hydrogens (tertiary/aromatic N) is 3. The summed E-state index contributed by atoms with van der Waals surface area (Å²) in [4.78, 5) is 10.3. The lowest BCUT2D eigenvalue weighted by atomic mass is 10.2. The molecular formula is C14H10ClN3O3. The third kappa shape index (κ3) is 3.87. The first kappa shape index (κ1) is 14.7. The second-order valence-corrected chi connectivity index (χ2v) is 4.44. The Morgan fingerprint density at radius 2 is 1.76 bits per heavy atom. The highest BCUT2D eigenvalue weighted by atomic mass is 35.5. The maximum Gasteiger partial charge on any atom is 0.278 e. The Balaban J connectivity index is 2.20. The maximum atomic E-state index is 10.9. The Morgan fingerprint density at radius 3 is 2.43 bits per heavy atom. The molecule has 0 saturated carbocycles. The van der Waals surface area contributed by atoms with Gasteiger partial charge in [0, 0.05) is 16.7 Å². The first-order valence-electron chi connectivity index (χ1n) is 5.86. The average molecular weight is 304 g/mol. The molecule has 106 valence electrons. The van der Waals surface area contributed by atoms with Crippen LogP contribution < -0.4 is 0 Å². The molecule has 21 heavy (non-hydrogen) atoms. The third-order valence-electron chi connectivity index (χ3n) is 2.58. The number of nitro benzene ring substituents is 1. The van der Waals surface area contributed by atoms with Gasteiger partial charge in [0.2, 0.25) is 0 Å². The molecule has 0 heterocycles. The molecule has 0 radical (unpaired) electrons. The van der Waals surface area contributed by atoms with Gasteiger partial charge in [0.05, 0.1) is 22.9 Å². The fraction of sp³-hybridized carbons (Fsp3) is 0. The van der Waals surface area contributed by atoms with Crippen LogP contribution in [0.3, 0.4) is 0 Å². The zero-order valence-corrected chi connectivity index (χ0v) is 11.4. The molecule has 0 atom stereocenters. The van der Waals surface area contributed by atoms with Gasteiger partial charge in [-0.05, 0) is 24.3 Å². The van der Waals surface area contributed by atoms with E-state index in [1.165, 1.54) is 36.7 Å². The van der Waals surface area contributed by atoms with Crippen molar-refractivity contribution in [1.82, 2.24) is 0 Å². The zero-order valence-electron chi connectivity index (χ0n) is 10.7. The minimum atomic E-state index is -0.523. The molecule has 0 aromatic heterocycles. The quantitative estimate of drug-likeness (QED) is 0.533. The van der Waals surface area contributed by atoms with Crippen LogP contribution in [0.5, 0.6) is 5.75 Å². The molecule has 2 rings (SSSR count). The van der Waals surface area contributed by atoms with Crippen LogP contribution in [0, 0.1) is 10.1 Å². The molecule has 0 bridgehead atoms. The van der Waals surface area contributed by atoms with Crippen molar-refractivity contribution in [3.05, 3.63) is 68.7 Å². The summed E-state index contributed by atoms with van der Waals surface area (Å²) < 4.78 is 0. The Morgan fingerprint density at radius 1 is 1.10 bits per heavy atom. The highest BCUT2D eigenvalue weighted by Crippen LogP contribution is 2.21. The number of rotatable bonds is 4. The summed E-state index contributed by atoms with van der Waals surface area (Å²) in [6, 6.07) is 10.8. The SMILES string of the molecule is O=[N+]([O-])c1ccc(Cl)cc1C=NN=Cc1ccccc1O. The van der Waals surface area contributed by atoms with Crippen molar-refractivity contribution < 1.29 is 10.0 Å². The normalized spacial score (nSPS) is 11.3. The van der Waals surface area contributed by atoms with E-state index in [9.17, 15) is 15.2 Å². The van der Waals surface area contributed by atoms with E-state index in [2.05, 4.69) is 10.2 Å². The molecule has 0 aliphatic rings. The van der Waals surface area contributed by atoms with E-state index in [0.717, 1.165) is 0 Å². The Bertz CT molecular complexity index is 729. The number of phenolic OH excluding ortho intramolecular Hbond substituents is 1. The molecule has 6 nitrogen and oxygen atoms in total. The topological polar surface area (TPSA) is 88.1 Å². The van der Waals surface area contributed by atoms with Crippen molar-refractivity contribution in [1.29, 1.82) is 0 Å². The van der Waals surface area contributed by atoms with Crippen LogP contribution in [0.25, 0.3) is 0 Å². The second-order valence-electron chi connectivity index (χ2n) is 4.01. The van der Waals surface area contributed by atoms with Crippen molar-refractivity contribution in [2.24, 2.45) is 10.2 Å². The molecule has 0 saturated heterocycles. The van der Waals surface area contributed by atoms with Gasteiger partial charge in [0.25, 0.3) is 5.69 Å². The first-order valence-corrected chi connectivity index (χ1v) is 6.24. The number of hydrogen-bond donors (Lipinski definition) is 1. The summed E-state index contributed by atoms with van der Waals surface area (Å²) in [5, 5.41) is 28.2. The predicted octanol–water partition coefficient (Wildman–Crippen LogP) is 3.41. The minimum absolute atomic E-state index is 0.0742. The lowest BCUT2D eigenvalue weighted by Gasteiger charge is -1.97. The number of aromatic hydroxyl groups is 1. The van der Waals surface area contributed by atoms with Crippen molar-refractivity contribution in [3.8, 4) is 5.75 Å². The number of hydrogen-bond acceptors (Lipinski definition) is 5. The van der Waals surface area contributed by atoms with Gasteiger partial charge < -0.3 is 5.11 Å². The van der Waals surface area contributed by atoms with Gasteiger partial charge in [-0.3, -0.25) is 10.1 Å². The summed E-state index contributed by atoms with van der Waals surface area (Å²) in [7, 11) is 0. The molecule has 0 amide bonds. The zero-order chi connectivity index (χ0) is 15.2. The third-order valence-corrected chi connectivity index (χ3v) is 2.82. The van der Waals surface area contributed by atoms with E-state index in [4.69, 9.17) is 11.6 Å². The van der Waals surface area contributed by atoms with E-state index < -0.39 is 4.92 Å². The van der Waals surface area contributed by atoms with Gasteiger partial charge in [-0.1, -0.05) is 23.7 Å². The predicted molar refractivity (Wildman–Crippen MR) is 81.4 cm³/mol. The standard InChI is InChI=1S/C14H10ClN3O3/c15-12-5-6-13(18(20)21)11(7-12)9-17-16-8-10-3-1-2-4-14(10)19/h1-9,19H. The average Bonchev–Trinajstić information content (AvgIpc) is 2.45. The molecular weight excluding hydrogens is 294 g/mol. The summed E-state index contributed by atoms with van der Waals surface area (Å²) in [5.41, 5.74) is 0.637. The molecule has 7 heteroatoms. The molecule has 2 aromatic rings. The summed E-state index contributed by atoms with van der Waals surface area (Å²) in [5.74, 6) is 0.0742. The Kier molecular flexibility index (Phi) is 4.63. The molecule has 0 spiro atoms. The largest absolute Gasteiger partial charge is 0.507 e. The van der Waals surface area contributed by atoms with Gasteiger partial charge in [0.1, 0.15) is 5.75 Å². The highest BCUT2D eigenvalue weighted by molar-refractivity contribution is 6.31. The monoisotopic (exact) mass is 303 g/mol. The van der Waals surface area contributed by atoms with E-state index in [-0.39, 0.29) is 17.0 Å². The fourth-order valence-electron chi connectivity index (χ4n) is 1.58. The Hall–Kier alpha value is -2.73. The van der Waals surface area contributed by atoms with Gasteiger partial charge in [0.15, 0.2) is 0 Å². The van der Waals surface area contributed by atoms with Gasteiger partial charge in [-0.2, -0.15) is 10.2 Å². The summed E-state index contributed by atoms with van der Waals surface area (Å²) >= 11 is 5.80. The van der Waals surface area contributed by atoms with Crippen molar-refractivity contribution in [2.75, 3.05) is 0 Å². The van der Waals surface area contributed by atoms with Crippen LogP contribution in [-0.2, 0) is 0 Å². The molecule has 1 N–H and O–H groups in total. The molecule has 0 aliphatic carbocycles. The van der Waals surface area contributed by atoms with Crippen LogP contribution >= 0.6 is 11.6 Å². The fourth-order valence-corrected chi connectivity index (χ4v) is 1.76. The number of halogens is 1. The molecule has 2 aromatic carbocycles. The van der Waals surface area contributed by atoms with Crippen LogP contribution in [0.15, 0.2) is 52.7 Å². The van der Waals surface area contributed by atoms with Gasteiger partial charge in [-0.15, -0.1) is 0 Å². The molecule has 0 aliphatic heterocycles. The van der Waals surface area contributed by atoms with Gasteiger partial charge >= 0.3 is 0 Å². The smallest absolute Gasteiger partial charge is 0.278 e. The van der Waals surface area contributed by atoms with Crippen LogP contribution in [0.1, 0.15) is 11.1 Å². The van der Waals surface area contributed by atoms with Crippen LogP contribution in [0.4, 0.5) is 5.69 Å². The van der Waals surface area contributed by atoms with Crippen LogP contribution in [0.2, 0.25) is 5.02 Å². The number of benzene rings is 2. The molecule has 0 fully saturated rings. The number of para-hydroxylation sites is 1. The van der Waals surface area contributed by atoms with E-state index >= 15 is 0 Å². The Labute approximate surface area is 125 Å². The number of phenols is 1. The number of nitro groups is 1. The van der Waals surface area contributed by atoms with E-state index in [1.54, 1.807) is 18.2 Å². The maximum absolute atomic E-state index is 10.9. The summed E-state index contributed by atoms with van der Waals surface area (Å²) in [6.45, 7) is 0. The lowest BCUT2D eigenvalue weighted by molar-refractivity contribution is -0.385. The van der Waals surface area contributed by atoms with Crippen LogP contribution in [-0.4, -0.2) is 22.5 Å². The minimum Gasteiger partial charge on any atom is -0.507 e. The van der Waals surface area contributed by atoms with E-state index in [1.807, 2.05) is 0 Å². The second kappa shape index (κ2) is 6.62. The highest BCUT2D eigenvalue weighted by Gasteiger charge is 2.11. The first-order chi connectivity index (χ1) is 10.1. The van der Waals surface area contributed by atoms with E-state index in [0.29, 0.717) is 10.6 Å². The van der Waals surface area contributed by atoms with Crippen molar-refractivity contribution >= 4 is 29.7 Å². The van der Waals surface area contributed by atoms with Crippen molar-refractivity contribution in [2.45, 2.75) is 0 Å².